The lowest BCUT2D eigenvalue weighted by Gasteiger charge is -2.12. The molecule has 9 heteroatoms. The Hall–Kier alpha value is -2.55. The van der Waals surface area contributed by atoms with Gasteiger partial charge in [0.2, 0.25) is 0 Å². The molecule has 126 valence electrons. The van der Waals surface area contributed by atoms with Crippen LogP contribution in [0.1, 0.15) is 10.4 Å². The van der Waals surface area contributed by atoms with Gasteiger partial charge in [0.25, 0.3) is 11.6 Å². The molecule has 1 N–H and O–H groups in total. The van der Waals surface area contributed by atoms with Crippen LogP contribution in [0.5, 0.6) is 0 Å². The number of amides is 1. The van der Waals surface area contributed by atoms with Gasteiger partial charge >= 0.3 is 6.18 Å². The first-order valence-corrected chi connectivity index (χ1v) is 7.60. The number of nitro benzene ring substituents is 1. The van der Waals surface area contributed by atoms with Crippen molar-refractivity contribution >= 4 is 29.0 Å². The molecule has 0 saturated carbocycles. The van der Waals surface area contributed by atoms with E-state index in [0.717, 1.165) is 0 Å². The van der Waals surface area contributed by atoms with Gasteiger partial charge in [-0.25, -0.2) is 0 Å². The highest BCUT2D eigenvalue weighted by Gasteiger charge is 2.28. The predicted molar refractivity (Wildman–Crippen MR) is 84.3 cm³/mol. The van der Waals surface area contributed by atoms with E-state index in [1.165, 1.54) is 36.4 Å². The number of carbonyl (C=O) groups is 1. The van der Waals surface area contributed by atoms with Gasteiger partial charge in [-0.05, 0) is 18.2 Å². The number of thioether (sulfide) groups is 1. The molecule has 0 unspecified atom stereocenters. The molecule has 0 atom stereocenters. The van der Waals surface area contributed by atoms with Crippen molar-refractivity contribution in [3.63, 3.8) is 0 Å². The number of rotatable bonds is 5. The van der Waals surface area contributed by atoms with Crippen LogP contribution >= 0.6 is 11.8 Å². The monoisotopic (exact) mass is 356 g/mol. The summed E-state index contributed by atoms with van der Waals surface area (Å²) in [4.78, 5) is 22.7. The molecule has 0 bridgehead atoms. The Balaban J connectivity index is 2.23. The van der Waals surface area contributed by atoms with E-state index in [1.807, 2.05) is 0 Å². The predicted octanol–water partition coefficient (Wildman–Crippen LogP) is 4.50. The Kier molecular flexibility index (Phi) is 5.45. The van der Waals surface area contributed by atoms with Crippen molar-refractivity contribution in [1.29, 1.82) is 0 Å². The number of hydrogen-bond donors (Lipinski definition) is 1. The molecule has 2 rings (SSSR count). The van der Waals surface area contributed by atoms with Crippen molar-refractivity contribution in [2.45, 2.75) is 11.1 Å². The fourth-order valence-corrected chi connectivity index (χ4v) is 2.64. The average Bonchev–Trinajstić information content (AvgIpc) is 2.53. The van der Waals surface area contributed by atoms with E-state index in [4.69, 9.17) is 0 Å². The summed E-state index contributed by atoms with van der Waals surface area (Å²) in [7, 11) is 0. The summed E-state index contributed by atoms with van der Waals surface area (Å²) in [6.45, 7) is 0. The van der Waals surface area contributed by atoms with Gasteiger partial charge < -0.3 is 5.32 Å². The summed E-state index contributed by atoms with van der Waals surface area (Å²) >= 11 is 0.528. The van der Waals surface area contributed by atoms with Crippen molar-refractivity contribution in [2.24, 2.45) is 0 Å². The minimum atomic E-state index is -4.35. The lowest BCUT2D eigenvalue weighted by Crippen LogP contribution is -2.15. The second-order valence-corrected chi connectivity index (χ2v) is 5.65. The minimum Gasteiger partial charge on any atom is -0.321 e. The third kappa shape index (κ3) is 4.72. The average molecular weight is 356 g/mol. The summed E-state index contributed by atoms with van der Waals surface area (Å²) in [5.41, 5.74) is -0.386. The van der Waals surface area contributed by atoms with E-state index in [2.05, 4.69) is 5.32 Å². The quantitative estimate of drug-likeness (QED) is 0.486. The molecule has 2 aromatic rings. The molecule has 0 aliphatic heterocycles. The number of para-hydroxylation sites is 2. The highest BCUT2D eigenvalue weighted by atomic mass is 32.2. The molecule has 0 saturated heterocycles. The number of hydrogen-bond acceptors (Lipinski definition) is 4. The molecule has 0 heterocycles. The number of nitro groups is 1. The van der Waals surface area contributed by atoms with Crippen molar-refractivity contribution in [2.75, 3.05) is 11.1 Å². The summed E-state index contributed by atoms with van der Waals surface area (Å²) < 4.78 is 37.1. The fraction of sp³-hybridized carbons (Fsp3) is 0.133. The van der Waals surface area contributed by atoms with Gasteiger partial charge in [-0.1, -0.05) is 24.3 Å². The lowest BCUT2D eigenvalue weighted by molar-refractivity contribution is -0.385. The fourth-order valence-electron chi connectivity index (χ4n) is 1.87. The summed E-state index contributed by atoms with van der Waals surface area (Å²) in [5, 5.41) is 13.4. The standard InChI is InChI=1S/C15H11F3N2O3S/c16-15(17,18)9-24-13-8-4-2-6-11(13)19-14(21)10-5-1-3-7-12(10)20(22)23/h1-8H,9H2,(H,19,21). The first kappa shape index (κ1) is 17.8. The molecule has 0 radical (unpaired) electrons. The second kappa shape index (κ2) is 7.35. The van der Waals surface area contributed by atoms with Crippen LogP contribution in [-0.4, -0.2) is 22.8 Å². The number of alkyl halides is 3. The highest BCUT2D eigenvalue weighted by Crippen LogP contribution is 2.32. The Morgan fingerprint density at radius 3 is 2.42 bits per heavy atom. The highest BCUT2D eigenvalue weighted by molar-refractivity contribution is 7.99. The van der Waals surface area contributed by atoms with Crippen molar-refractivity contribution < 1.29 is 22.9 Å². The van der Waals surface area contributed by atoms with Gasteiger partial charge in [0.15, 0.2) is 0 Å². The largest absolute Gasteiger partial charge is 0.398 e. The topological polar surface area (TPSA) is 72.2 Å². The molecule has 2 aromatic carbocycles. The minimum absolute atomic E-state index is 0.162. The van der Waals surface area contributed by atoms with Gasteiger partial charge in [-0.3, -0.25) is 14.9 Å². The molecule has 24 heavy (non-hydrogen) atoms. The number of nitrogens with one attached hydrogen (secondary N) is 1. The van der Waals surface area contributed by atoms with Crippen LogP contribution in [0, 0.1) is 10.1 Å². The molecular formula is C15H11F3N2O3S. The number of halogens is 3. The van der Waals surface area contributed by atoms with Crippen molar-refractivity contribution in [3.05, 3.63) is 64.2 Å². The third-order valence-corrected chi connectivity index (χ3v) is 4.01. The van der Waals surface area contributed by atoms with Crippen LogP contribution in [0.15, 0.2) is 53.4 Å². The van der Waals surface area contributed by atoms with E-state index in [9.17, 15) is 28.1 Å². The summed E-state index contributed by atoms with van der Waals surface area (Å²) in [5.74, 6) is -1.87. The molecule has 1 amide bonds. The zero-order valence-corrected chi connectivity index (χ0v) is 12.9. The molecule has 0 fully saturated rings. The molecule has 0 aromatic heterocycles. The normalized spacial score (nSPS) is 11.1. The van der Waals surface area contributed by atoms with Crippen LogP contribution in [0.3, 0.4) is 0 Å². The van der Waals surface area contributed by atoms with E-state index >= 15 is 0 Å². The third-order valence-electron chi connectivity index (χ3n) is 2.87. The van der Waals surface area contributed by atoms with E-state index in [-0.39, 0.29) is 21.8 Å². The van der Waals surface area contributed by atoms with Crippen LogP contribution in [0.25, 0.3) is 0 Å². The Morgan fingerprint density at radius 2 is 1.75 bits per heavy atom. The first-order valence-electron chi connectivity index (χ1n) is 6.61. The molecule has 5 nitrogen and oxygen atoms in total. The van der Waals surface area contributed by atoms with E-state index < -0.39 is 22.8 Å². The molecule has 0 aliphatic carbocycles. The SMILES string of the molecule is O=C(Nc1ccccc1SCC(F)(F)F)c1ccccc1[N+](=O)[O-]. The van der Waals surface area contributed by atoms with Crippen LogP contribution in [0.4, 0.5) is 24.5 Å². The number of benzene rings is 2. The maximum Gasteiger partial charge on any atom is 0.398 e. The first-order chi connectivity index (χ1) is 11.3. The van der Waals surface area contributed by atoms with Gasteiger partial charge in [0, 0.05) is 11.0 Å². The molecule has 0 spiro atoms. The molecular weight excluding hydrogens is 345 g/mol. The Morgan fingerprint density at radius 1 is 1.12 bits per heavy atom. The number of carbonyl (C=O) groups excluding carboxylic acids is 1. The zero-order chi connectivity index (χ0) is 17.7. The lowest BCUT2D eigenvalue weighted by atomic mass is 10.1. The van der Waals surface area contributed by atoms with E-state index in [1.54, 1.807) is 12.1 Å². The summed E-state index contributed by atoms with van der Waals surface area (Å²) in [6.07, 6.45) is -4.35. The van der Waals surface area contributed by atoms with Gasteiger partial charge in [0.1, 0.15) is 5.56 Å². The van der Waals surface area contributed by atoms with E-state index in [0.29, 0.717) is 11.8 Å². The van der Waals surface area contributed by atoms with Crippen LogP contribution in [-0.2, 0) is 0 Å². The van der Waals surface area contributed by atoms with Crippen molar-refractivity contribution in [3.8, 4) is 0 Å². The number of nitrogens with zero attached hydrogens (tertiary/aromatic N) is 1. The maximum absolute atomic E-state index is 12.4. The maximum atomic E-state index is 12.4. The smallest absolute Gasteiger partial charge is 0.321 e. The Bertz CT molecular complexity index is 766. The van der Waals surface area contributed by atoms with Crippen LogP contribution in [0.2, 0.25) is 0 Å². The zero-order valence-electron chi connectivity index (χ0n) is 12.0. The Labute approximate surface area is 139 Å². The number of anilines is 1. The van der Waals surface area contributed by atoms with Gasteiger partial charge in [0.05, 0.1) is 16.4 Å². The summed E-state index contributed by atoms with van der Waals surface area (Å²) in [6, 6.07) is 11.3. The van der Waals surface area contributed by atoms with Gasteiger partial charge in [-0.15, -0.1) is 11.8 Å². The molecule has 0 aliphatic rings. The van der Waals surface area contributed by atoms with Crippen molar-refractivity contribution in [1.82, 2.24) is 0 Å². The second-order valence-electron chi connectivity index (χ2n) is 4.63. The van der Waals surface area contributed by atoms with Gasteiger partial charge in [-0.2, -0.15) is 13.2 Å². The van der Waals surface area contributed by atoms with Crippen LogP contribution < -0.4 is 5.32 Å².